The predicted molar refractivity (Wildman–Crippen MR) is 103 cm³/mol. The number of nitrogens with two attached hydrogens (primary N) is 2. The first kappa shape index (κ1) is 15.4. The second-order valence-corrected chi connectivity index (χ2v) is 6.74. The minimum absolute atomic E-state index is 0.278. The quantitative estimate of drug-likeness (QED) is 0.527. The molecule has 0 saturated carbocycles. The Morgan fingerprint density at radius 3 is 2.64 bits per heavy atom. The fourth-order valence-electron chi connectivity index (χ4n) is 2.72. The van der Waals surface area contributed by atoms with Gasteiger partial charge in [-0.25, -0.2) is 9.97 Å². The first-order valence-corrected chi connectivity index (χ1v) is 8.57. The van der Waals surface area contributed by atoms with Crippen LogP contribution < -0.4 is 16.2 Å². The minimum atomic E-state index is 0.278. The number of anilines is 2. The molecular weight excluding hydrogens is 332 g/mol. The summed E-state index contributed by atoms with van der Waals surface area (Å²) in [6.45, 7) is 2.08. The van der Waals surface area contributed by atoms with Gasteiger partial charge in [0.25, 0.3) is 0 Å². The summed E-state index contributed by atoms with van der Waals surface area (Å²) in [6.07, 6.45) is 1.68. The molecule has 0 atom stereocenters. The molecule has 124 valence electrons. The van der Waals surface area contributed by atoms with Crippen molar-refractivity contribution in [1.82, 2.24) is 9.97 Å². The summed E-state index contributed by atoms with van der Waals surface area (Å²) in [5.74, 6) is 1.77. The van der Waals surface area contributed by atoms with Crippen LogP contribution in [-0.4, -0.2) is 9.97 Å². The molecule has 2 heterocycles. The Kier molecular flexibility index (Phi) is 3.74. The number of hydrogen-bond donors (Lipinski definition) is 2. The maximum Gasteiger partial charge on any atom is 0.220 e. The summed E-state index contributed by atoms with van der Waals surface area (Å²) in [5, 5.41) is 1.14. The average Bonchev–Trinajstić information content (AvgIpc) is 2.92. The molecule has 2 aromatic heterocycles. The van der Waals surface area contributed by atoms with Gasteiger partial charge in [-0.1, -0.05) is 6.07 Å². The van der Waals surface area contributed by atoms with E-state index in [0.717, 1.165) is 33.0 Å². The molecule has 0 aliphatic heterocycles. The average molecular weight is 348 g/mol. The zero-order chi connectivity index (χ0) is 17.4. The standard InChI is InChI=1S/C19H16N4OS/c1-11-15-10-14(24-13-4-2-3-12(20)9-13)5-6-17(15)25-18(11)16-7-8-22-19(21)23-16/h2-10H,20H2,1H3,(H2,21,22,23). The van der Waals surface area contributed by atoms with E-state index in [-0.39, 0.29) is 5.95 Å². The summed E-state index contributed by atoms with van der Waals surface area (Å²) >= 11 is 1.68. The second kappa shape index (κ2) is 6.07. The number of thiophene rings is 1. The largest absolute Gasteiger partial charge is 0.457 e. The van der Waals surface area contributed by atoms with E-state index in [2.05, 4.69) is 23.0 Å². The summed E-state index contributed by atoms with van der Waals surface area (Å²) in [6, 6.07) is 15.3. The molecule has 4 rings (SSSR count). The predicted octanol–water partition coefficient (Wildman–Crippen LogP) is 4.62. The number of fused-ring (bicyclic) bond motifs is 1. The van der Waals surface area contributed by atoms with E-state index < -0.39 is 0 Å². The number of aryl methyl sites for hydroxylation is 1. The molecule has 2 aromatic carbocycles. The molecule has 4 aromatic rings. The summed E-state index contributed by atoms with van der Waals surface area (Å²) in [4.78, 5) is 9.38. The van der Waals surface area contributed by atoms with E-state index in [0.29, 0.717) is 5.69 Å². The van der Waals surface area contributed by atoms with E-state index in [1.165, 1.54) is 4.70 Å². The van der Waals surface area contributed by atoms with Crippen LogP contribution in [0.5, 0.6) is 11.5 Å². The zero-order valence-electron chi connectivity index (χ0n) is 13.6. The molecule has 0 bridgehead atoms. The van der Waals surface area contributed by atoms with Gasteiger partial charge in [-0.2, -0.15) is 0 Å². The van der Waals surface area contributed by atoms with Crippen LogP contribution in [0.1, 0.15) is 5.56 Å². The Bertz CT molecular complexity index is 1070. The molecule has 0 aliphatic rings. The van der Waals surface area contributed by atoms with E-state index >= 15 is 0 Å². The Morgan fingerprint density at radius 2 is 1.84 bits per heavy atom. The molecule has 5 nitrogen and oxygen atoms in total. The lowest BCUT2D eigenvalue weighted by Crippen LogP contribution is -1.94. The van der Waals surface area contributed by atoms with Crippen molar-refractivity contribution in [3.05, 3.63) is 60.3 Å². The number of rotatable bonds is 3. The molecule has 0 spiro atoms. The molecule has 0 aliphatic carbocycles. The molecule has 6 heteroatoms. The highest BCUT2D eigenvalue weighted by Crippen LogP contribution is 2.39. The van der Waals surface area contributed by atoms with Crippen molar-refractivity contribution in [2.45, 2.75) is 6.92 Å². The van der Waals surface area contributed by atoms with E-state index in [9.17, 15) is 0 Å². The molecule has 0 unspecified atom stereocenters. The minimum Gasteiger partial charge on any atom is -0.457 e. The molecule has 4 N–H and O–H groups in total. The van der Waals surface area contributed by atoms with Crippen molar-refractivity contribution in [3.8, 4) is 22.1 Å². The van der Waals surface area contributed by atoms with Gasteiger partial charge in [-0.15, -0.1) is 11.3 Å². The SMILES string of the molecule is Cc1c(-c2ccnc(N)n2)sc2ccc(Oc3cccc(N)c3)cc12. The van der Waals surface area contributed by atoms with Crippen LogP contribution in [0.2, 0.25) is 0 Å². The first-order valence-electron chi connectivity index (χ1n) is 7.75. The Labute approximate surface area is 148 Å². The summed E-state index contributed by atoms with van der Waals surface area (Å²) in [7, 11) is 0. The highest BCUT2D eigenvalue weighted by Gasteiger charge is 2.13. The van der Waals surface area contributed by atoms with Gasteiger partial charge in [0, 0.05) is 22.7 Å². The highest BCUT2D eigenvalue weighted by molar-refractivity contribution is 7.22. The zero-order valence-corrected chi connectivity index (χ0v) is 14.4. The fraction of sp³-hybridized carbons (Fsp3) is 0.0526. The Morgan fingerprint density at radius 1 is 1.00 bits per heavy atom. The highest BCUT2D eigenvalue weighted by atomic mass is 32.1. The lowest BCUT2D eigenvalue weighted by Gasteiger charge is -2.06. The number of ether oxygens (including phenoxy) is 1. The first-order chi connectivity index (χ1) is 12.1. The van der Waals surface area contributed by atoms with Gasteiger partial charge in [0.2, 0.25) is 5.95 Å². The van der Waals surface area contributed by atoms with Crippen LogP contribution >= 0.6 is 11.3 Å². The third kappa shape index (κ3) is 2.99. The molecule has 25 heavy (non-hydrogen) atoms. The van der Waals surface area contributed by atoms with Crippen molar-refractivity contribution < 1.29 is 4.74 Å². The van der Waals surface area contributed by atoms with Crippen LogP contribution in [0.15, 0.2) is 54.7 Å². The van der Waals surface area contributed by atoms with Crippen molar-refractivity contribution in [1.29, 1.82) is 0 Å². The molecule has 0 amide bonds. The van der Waals surface area contributed by atoms with Crippen LogP contribution in [-0.2, 0) is 0 Å². The van der Waals surface area contributed by atoms with Gasteiger partial charge in [-0.05, 0) is 54.3 Å². The van der Waals surface area contributed by atoms with Gasteiger partial charge < -0.3 is 16.2 Å². The third-order valence-corrected chi connectivity index (χ3v) is 5.20. The third-order valence-electron chi connectivity index (χ3n) is 3.91. The number of nitrogens with zero attached hydrogens (tertiary/aromatic N) is 2. The molecule has 0 radical (unpaired) electrons. The molecule has 0 fully saturated rings. The summed E-state index contributed by atoms with van der Waals surface area (Å²) < 4.78 is 7.11. The van der Waals surface area contributed by atoms with Gasteiger partial charge in [-0.3, -0.25) is 0 Å². The van der Waals surface area contributed by atoms with E-state index in [1.54, 1.807) is 23.6 Å². The van der Waals surface area contributed by atoms with Gasteiger partial charge in [0.1, 0.15) is 11.5 Å². The smallest absolute Gasteiger partial charge is 0.220 e. The maximum absolute atomic E-state index is 5.94. The lowest BCUT2D eigenvalue weighted by atomic mass is 10.1. The van der Waals surface area contributed by atoms with Crippen molar-refractivity contribution in [2.24, 2.45) is 0 Å². The molecular formula is C19H16N4OS. The van der Waals surface area contributed by atoms with Gasteiger partial charge in [0.15, 0.2) is 0 Å². The van der Waals surface area contributed by atoms with Gasteiger partial charge in [0.05, 0.1) is 10.6 Å². The number of hydrogen-bond acceptors (Lipinski definition) is 6. The number of benzene rings is 2. The van der Waals surface area contributed by atoms with Crippen LogP contribution in [0, 0.1) is 6.92 Å². The Hall–Kier alpha value is -3.12. The van der Waals surface area contributed by atoms with E-state index in [1.807, 2.05) is 36.4 Å². The van der Waals surface area contributed by atoms with E-state index in [4.69, 9.17) is 16.2 Å². The maximum atomic E-state index is 5.94. The van der Waals surface area contributed by atoms with Crippen LogP contribution in [0.25, 0.3) is 20.7 Å². The second-order valence-electron chi connectivity index (χ2n) is 5.69. The van der Waals surface area contributed by atoms with Crippen molar-refractivity contribution >= 4 is 33.1 Å². The molecule has 0 saturated heterocycles. The monoisotopic (exact) mass is 348 g/mol. The lowest BCUT2D eigenvalue weighted by molar-refractivity contribution is 0.484. The van der Waals surface area contributed by atoms with Crippen LogP contribution in [0.3, 0.4) is 0 Å². The summed E-state index contributed by atoms with van der Waals surface area (Å²) in [5.41, 5.74) is 14.2. The van der Waals surface area contributed by atoms with Crippen LogP contribution in [0.4, 0.5) is 11.6 Å². The Balaban J connectivity index is 1.75. The number of aromatic nitrogens is 2. The fourth-order valence-corrected chi connectivity index (χ4v) is 3.88. The number of nitrogen functional groups attached to an aromatic ring is 2. The van der Waals surface area contributed by atoms with Crippen molar-refractivity contribution in [3.63, 3.8) is 0 Å². The normalized spacial score (nSPS) is 10.9. The van der Waals surface area contributed by atoms with Gasteiger partial charge >= 0.3 is 0 Å². The van der Waals surface area contributed by atoms with Crippen molar-refractivity contribution in [2.75, 3.05) is 11.5 Å². The topological polar surface area (TPSA) is 87.0 Å².